The molecule has 0 spiro atoms. The van der Waals surface area contributed by atoms with Crippen LogP contribution in [0.25, 0.3) is 11.1 Å². The van der Waals surface area contributed by atoms with Gasteiger partial charge in [-0.2, -0.15) is 0 Å². The number of aromatic nitrogens is 1. The van der Waals surface area contributed by atoms with Gasteiger partial charge in [0.25, 0.3) is 0 Å². The van der Waals surface area contributed by atoms with Gasteiger partial charge in [0.1, 0.15) is 5.52 Å². The fourth-order valence-corrected chi connectivity index (χ4v) is 1.49. The molecule has 0 amide bonds. The van der Waals surface area contributed by atoms with Crippen LogP contribution in [-0.4, -0.2) is 32.2 Å². The molecule has 2 aromatic rings. The minimum absolute atomic E-state index is 0.173. The SMILES string of the molecule is O=C(O)Cc1ccc2nc(C(O)C(=O)O)oc2c1. The summed E-state index contributed by atoms with van der Waals surface area (Å²) in [6.07, 6.45) is -2.01. The van der Waals surface area contributed by atoms with E-state index in [4.69, 9.17) is 14.6 Å². The fraction of sp³-hybridized carbons (Fsp3) is 0.182. The van der Waals surface area contributed by atoms with E-state index in [2.05, 4.69) is 4.98 Å². The van der Waals surface area contributed by atoms with Gasteiger partial charge in [0, 0.05) is 0 Å². The smallest absolute Gasteiger partial charge is 0.342 e. The molecule has 7 nitrogen and oxygen atoms in total. The lowest BCUT2D eigenvalue weighted by molar-refractivity contribution is -0.148. The van der Waals surface area contributed by atoms with Crippen molar-refractivity contribution in [3.63, 3.8) is 0 Å². The first-order chi connectivity index (χ1) is 8.47. The van der Waals surface area contributed by atoms with E-state index in [1.807, 2.05) is 0 Å². The fourth-order valence-electron chi connectivity index (χ4n) is 1.49. The van der Waals surface area contributed by atoms with E-state index in [0.29, 0.717) is 11.1 Å². The van der Waals surface area contributed by atoms with E-state index >= 15 is 0 Å². The Kier molecular flexibility index (Phi) is 2.99. The van der Waals surface area contributed by atoms with Crippen molar-refractivity contribution in [1.82, 2.24) is 4.98 Å². The number of aliphatic carboxylic acids is 2. The minimum atomic E-state index is -1.83. The molecule has 0 saturated carbocycles. The third kappa shape index (κ3) is 2.30. The molecule has 0 fully saturated rings. The lowest BCUT2D eigenvalue weighted by Crippen LogP contribution is -2.10. The number of rotatable bonds is 4. The largest absolute Gasteiger partial charge is 0.481 e. The van der Waals surface area contributed by atoms with Crippen LogP contribution in [-0.2, 0) is 16.0 Å². The Morgan fingerprint density at radius 3 is 2.67 bits per heavy atom. The summed E-state index contributed by atoms with van der Waals surface area (Å²) in [4.78, 5) is 24.9. The van der Waals surface area contributed by atoms with Crippen LogP contribution < -0.4 is 0 Å². The molecule has 2 rings (SSSR count). The average Bonchev–Trinajstić information content (AvgIpc) is 2.69. The quantitative estimate of drug-likeness (QED) is 0.726. The highest BCUT2D eigenvalue weighted by Gasteiger charge is 2.22. The third-order valence-electron chi connectivity index (χ3n) is 2.29. The topological polar surface area (TPSA) is 121 Å². The Hall–Kier alpha value is -2.41. The Balaban J connectivity index is 2.39. The van der Waals surface area contributed by atoms with Gasteiger partial charge in [-0.05, 0) is 17.7 Å². The lowest BCUT2D eigenvalue weighted by atomic mass is 10.1. The van der Waals surface area contributed by atoms with Gasteiger partial charge in [-0.1, -0.05) is 6.07 Å². The van der Waals surface area contributed by atoms with Crippen LogP contribution in [0.1, 0.15) is 17.6 Å². The number of benzene rings is 1. The number of carboxylic acid groups (broad SMARTS) is 2. The molecule has 1 unspecified atom stereocenters. The molecule has 0 saturated heterocycles. The van der Waals surface area contributed by atoms with Gasteiger partial charge in [0.2, 0.25) is 12.0 Å². The number of carboxylic acids is 2. The van der Waals surface area contributed by atoms with Gasteiger partial charge >= 0.3 is 11.9 Å². The standard InChI is InChI=1S/C11H9NO6/c13-8(14)4-5-1-2-6-7(3-5)18-10(12-6)9(15)11(16)17/h1-3,9,15H,4H2,(H,13,14)(H,16,17). The van der Waals surface area contributed by atoms with Crippen molar-refractivity contribution in [3.05, 3.63) is 29.7 Å². The molecule has 0 bridgehead atoms. The van der Waals surface area contributed by atoms with Crippen LogP contribution in [0.5, 0.6) is 0 Å². The molecule has 0 radical (unpaired) electrons. The number of hydrogen-bond acceptors (Lipinski definition) is 5. The van der Waals surface area contributed by atoms with Crippen LogP contribution in [0.4, 0.5) is 0 Å². The number of nitrogens with zero attached hydrogens (tertiary/aromatic N) is 1. The van der Waals surface area contributed by atoms with Crippen LogP contribution in [0, 0.1) is 0 Å². The van der Waals surface area contributed by atoms with E-state index in [1.54, 1.807) is 6.07 Å². The van der Waals surface area contributed by atoms with Crippen LogP contribution in [0.3, 0.4) is 0 Å². The minimum Gasteiger partial charge on any atom is -0.481 e. The van der Waals surface area contributed by atoms with Gasteiger partial charge in [-0.15, -0.1) is 0 Å². The van der Waals surface area contributed by atoms with E-state index in [1.165, 1.54) is 12.1 Å². The Morgan fingerprint density at radius 2 is 2.06 bits per heavy atom. The average molecular weight is 251 g/mol. The molecule has 18 heavy (non-hydrogen) atoms. The molecule has 0 aliphatic heterocycles. The molecule has 7 heteroatoms. The molecule has 0 aliphatic carbocycles. The highest BCUT2D eigenvalue weighted by molar-refractivity contribution is 5.78. The molecule has 1 heterocycles. The number of oxazole rings is 1. The first-order valence-corrected chi connectivity index (χ1v) is 4.99. The number of aliphatic hydroxyl groups excluding tert-OH is 1. The van der Waals surface area contributed by atoms with Crippen molar-refractivity contribution >= 4 is 23.0 Å². The summed E-state index contributed by atoms with van der Waals surface area (Å²) in [5.74, 6) is -2.78. The Labute approximate surface area is 100 Å². The summed E-state index contributed by atoms with van der Waals surface area (Å²) in [6, 6.07) is 4.51. The van der Waals surface area contributed by atoms with Crippen molar-refractivity contribution in [1.29, 1.82) is 0 Å². The summed E-state index contributed by atoms with van der Waals surface area (Å²) in [7, 11) is 0. The zero-order valence-corrected chi connectivity index (χ0v) is 9.03. The predicted octanol–water partition coefficient (Wildman–Crippen LogP) is 0.573. The van der Waals surface area contributed by atoms with Crippen LogP contribution in [0.15, 0.2) is 22.6 Å². The second-order valence-electron chi connectivity index (χ2n) is 3.67. The summed E-state index contributed by atoms with van der Waals surface area (Å²) in [5.41, 5.74) is 1.10. The summed E-state index contributed by atoms with van der Waals surface area (Å²) in [6.45, 7) is 0. The van der Waals surface area contributed by atoms with E-state index in [-0.39, 0.29) is 17.9 Å². The maximum atomic E-state index is 10.6. The Morgan fingerprint density at radius 1 is 1.33 bits per heavy atom. The van der Waals surface area contributed by atoms with Gasteiger partial charge in [0.05, 0.1) is 6.42 Å². The van der Waals surface area contributed by atoms with Crippen molar-refractivity contribution in [2.45, 2.75) is 12.5 Å². The molecular formula is C11H9NO6. The normalized spacial score (nSPS) is 12.5. The van der Waals surface area contributed by atoms with E-state index in [0.717, 1.165) is 0 Å². The summed E-state index contributed by atoms with van der Waals surface area (Å²) >= 11 is 0. The molecular weight excluding hydrogens is 242 g/mol. The Bertz CT molecular complexity index is 617. The van der Waals surface area contributed by atoms with Gasteiger partial charge in [-0.25, -0.2) is 9.78 Å². The molecule has 1 atom stereocenters. The summed E-state index contributed by atoms with van der Waals surface area (Å²) in [5, 5.41) is 26.5. The zero-order chi connectivity index (χ0) is 13.3. The van der Waals surface area contributed by atoms with E-state index in [9.17, 15) is 14.7 Å². The van der Waals surface area contributed by atoms with Gasteiger partial charge in [0.15, 0.2) is 5.58 Å². The molecule has 0 aliphatic rings. The number of fused-ring (bicyclic) bond motifs is 1. The zero-order valence-electron chi connectivity index (χ0n) is 9.03. The molecule has 1 aromatic carbocycles. The first-order valence-electron chi connectivity index (χ1n) is 4.99. The maximum Gasteiger partial charge on any atom is 0.342 e. The van der Waals surface area contributed by atoms with E-state index < -0.39 is 18.0 Å². The third-order valence-corrected chi connectivity index (χ3v) is 2.29. The first kappa shape index (κ1) is 12.1. The second-order valence-corrected chi connectivity index (χ2v) is 3.67. The molecule has 1 aromatic heterocycles. The number of aliphatic hydroxyl groups is 1. The van der Waals surface area contributed by atoms with Crippen molar-refractivity contribution in [2.24, 2.45) is 0 Å². The van der Waals surface area contributed by atoms with Crippen molar-refractivity contribution < 1.29 is 29.3 Å². The maximum absolute atomic E-state index is 10.6. The monoisotopic (exact) mass is 251 g/mol. The molecule has 94 valence electrons. The van der Waals surface area contributed by atoms with Gasteiger partial charge in [-0.3, -0.25) is 4.79 Å². The second kappa shape index (κ2) is 4.46. The highest BCUT2D eigenvalue weighted by Crippen LogP contribution is 2.21. The van der Waals surface area contributed by atoms with Crippen LogP contribution in [0.2, 0.25) is 0 Å². The highest BCUT2D eigenvalue weighted by atomic mass is 16.4. The number of carbonyl (C=O) groups is 2. The summed E-state index contributed by atoms with van der Waals surface area (Å²) < 4.78 is 5.08. The number of hydrogen-bond donors (Lipinski definition) is 3. The van der Waals surface area contributed by atoms with Crippen molar-refractivity contribution in [3.8, 4) is 0 Å². The van der Waals surface area contributed by atoms with Gasteiger partial charge < -0.3 is 19.7 Å². The van der Waals surface area contributed by atoms with Crippen molar-refractivity contribution in [2.75, 3.05) is 0 Å². The van der Waals surface area contributed by atoms with Crippen LogP contribution >= 0.6 is 0 Å². The predicted molar refractivity (Wildman–Crippen MR) is 57.9 cm³/mol. The molecule has 3 N–H and O–H groups in total. The lowest BCUT2D eigenvalue weighted by Gasteiger charge is -1.97.